The fourth-order valence-electron chi connectivity index (χ4n) is 10.4. The summed E-state index contributed by atoms with van der Waals surface area (Å²) in [5.74, 6) is 0.703. The zero-order valence-corrected chi connectivity index (χ0v) is 63.9. The zero-order chi connectivity index (χ0) is 70.5. The molecule has 0 spiro atoms. The van der Waals surface area contributed by atoms with Gasteiger partial charge in [0.2, 0.25) is 11.8 Å². The van der Waals surface area contributed by atoms with E-state index in [4.69, 9.17) is 24.7 Å². The van der Waals surface area contributed by atoms with E-state index in [9.17, 15) is 28.8 Å². The Morgan fingerprint density at radius 1 is 0.433 bits per heavy atom. The molecule has 0 saturated carbocycles. The van der Waals surface area contributed by atoms with Gasteiger partial charge in [-0.25, -0.2) is 0 Å². The average molecular weight is 1360 g/mol. The van der Waals surface area contributed by atoms with Gasteiger partial charge in [0.1, 0.15) is 23.0 Å². The third kappa shape index (κ3) is 53.7. The van der Waals surface area contributed by atoms with Gasteiger partial charge in [-0.05, 0) is 87.4 Å². The van der Waals surface area contributed by atoms with E-state index < -0.39 is 24.4 Å². The summed E-state index contributed by atoms with van der Waals surface area (Å²) in [5.41, 5.74) is 11.8. The predicted molar refractivity (Wildman–Crippen MR) is 389 cm³/mol. The number of hydrogen-bond acceptors (Lipinski definition) is 14. The van der Waals surface area contributed by atoms with Crippen molar-refractivity contribution in [2.24, 2.45) is 5.73 Å². The molecule has 0 fully saturated rings. The number of rotatable bonds is 51. The summed E-state index contributed by atoms with van der Waals surface area (Å²) in [6.45, 7) is 13.3. The number of carbonyl (C=O) groups excluding carboxylic acids is 6. The molecule has 2 amide bonds. The summed E-state index contributed by atoms with van der Waals surface area (Å²) < 4.78 is 35.3. The van der Waals surface area contributed by atoms with Crippen LogP contribution < -0.4 is 64.9 Å². The average Bonchev–Trinajstić information content (AvgIpc) is 1.07. The fourth-order valence-corrected chi connectivity index (χ4v) is 10.4. The van der Waals surface area contributed by atoms with Crippen LogP contribution in [0.5, 0.6) is 23.0 Å². The molecule has 0 bridgehead atoms. The summed E-state index contributed by atoms with van der Waals surface area (Å²) in [7, 11) is 3.24. The zero-order valence-electron chi connectivity index (χ0n) is 61.9. The van der Waals surface area contributed by atoms with Crippen LogP contribution in [0.25, 0.3) is 0 Å². The number of aryl methyl sites for hydroxylation is 3. The summed E-state index contributed by atoms with van der Waals surface area (Å²) in [6, 6.07) is 27.5. The number of methoxy groups -OCH3 is 2. The van der Waals surface area contributed by atoms with Gasteiger partial charge >= 0.3 is 53.9 Å². The van der Waals surface area contributed by atoms with Crippen LogP contribution in [0.15, 0.2) is 84.9 Å². The summed E-state index contributed by atoms with van der Waals surface area (Å²) in [6.07, 6.45) is 46.0. The minimum absolute atomic E-state index is 0. The third-order valence-corrected chi connectivity index (χ3v) is 16.1. The van der Waals surface area contributed by atoms with Crippen LogP contribution in [0.1, 0.15) is 291 Å². The number of ether oxygens (including phenoxy) is 7. The monoisotopic (exact) mass is 1360 g/mol. The fraction of sp³-hybridized carbons (Fsp3) is 0.625. The van der Waals surface area contributed by atoms with E-state index in [0.717, 1.165) is 62.6 Å². The summed E-state index contributed by atoms with van der Waals surface area (Å²) in [5, 5.41) is 5.88. The maximum Gasteiger partial charge on any atom is 1.00 e. The van der Waals surface area contributed by atoms with E-state index in [1.54, 1.807) is 25.3 Å². The minimum Gasteiger partial charge on any atom is -0.496 e. The molecule has 16 nitrogen and oxygen atoms in total. The van der Waals surface area contributed by atoms with E-state index in [2.05, 4.69) is 75.9 Å². The van der Waals surface area contributed by atoms with Crippen molar-refractivity contribution in [2.45, 2.75) is 293 Å². The molecule has 0 aliphatic heterocycles. The van der Waals surface area contributed by atoms with Gasteiger partial charge in [0.25, 0.3) is 0 Å². The molecule has 17 heteroatoms. The van der Waals surface area contributed by atoms with Crippen molar-refractivity contribution in [2.75, 3.05) is 34.0 Å². The molecule has 0 atom stereocenters. The summed E-state index contributed by atoms with van der Waals surface area (Å²) in [4.78, 5) is 66.1. The van der Waals surface area contributed by atoms with Crippen molar-refractivity contribution in [1.29, 1.82) is 0 Å². The van der Waals surface area contributed by atoms with Gasteiger partial charge in [-0.3, -0.25) is 28.8 Å². The Labute approximate surface area is 608 Å². The molecule has 540 valence electrons. The maximum atomic E-state index is 12.1. The van der Waals surface area contributed by atoms with E-state index in [-0.39, 0.29) is 41.4 Å². The van der Waals surface area contributed by atoms with Gasteiger partial charge in [0.05, 0.1) is 33.0 Å². The number of carbonyl (C=O) groups is 6. The Kier molecular flexibility index (Phi) is 59.6. The van der Waals surface area contributed by atoms with Crippen molar-refractivity contribution in [3.63, 3.8) is 0 Å². The second kappa shape index (κ2) is 63.5. The molecule has 0 aliphatic rings. The smallest absolute Gasteiger partial charge is 0.496 e. The Hall–Kier alpha value is -5.94. The van der Waals surface area contributed by atoms with Gasteiger partial charge in [-0.1, -0.05) is 259 Å². The predicted octanol–water partition coefficient (Wildman–Crippen LogP) is 16.0. The molecular weight excluding hydrogens is 1230 g/mol. The molecule has 0 aliphatic carbocycles. The normalized spacial score (nSPS) is 10.4. The topological polar surface area (TPSA) is 217 Å². The molecule has 4 N–H and O–H groups in total. The number of unbranched alkanes of at least 4 members (excludes halogenated alkanes) is 28. The van der Waals surface area contributed by atoms with Crippen molar-refractivity contribution < 1.29 is 91.5 Å². The van der Waals surface area contributed by atoms with E-state index in [0.29, 0.717) is 69.0 Å². The number of aldehydes is 1. The van der Waals surface area contributed by atoms with Gasteiger partial charge < -0.3 is 49.5 Å². The first-order valence-electron chi connectivity index (χ1n) is 36.5. The molecule has 0 aromatic heterocycles. The standard InChI is InChI=1S/C37H59NO3.C20H23NO4.C16H35N.C7H10O6.Na/c1-4-5-6-7-8-9-10-11-12-13-14-15-16-17-18-19-21-34-27-28-35(30-36(34)40-3)41-29-20-22-37(39)38-31-33-25-23-32(2)24-26-33;1-15-5-7-16(8-6-15)13-21-20(23)4-3-11-25-18-10-9-17(14-22)19(12-18)24-2;1-2-3-4-5-6-7-8-9-10-11-12-13-14-15-16-17;1-4(8)11-7(12-5(2)9)13-6(3)10;/h23-28,30H,4-22,29,31H2,1-3H3,(H,38,39);5-10,12,14H,3-4,11,13H2,1-2H3,(H,21,23);2-17H2,1H3;7H,1-3H3;/q;;;;+1. The van der Waals surface area contributed by atoms with Crippen LogP contribution in [0, 0.1) is 13.8 Å². The Morgan fingerprint density at radius 3 is 1.09 bits per heavy atom. The summed E-state index contributed by atoms with van der Waals surface area (Å²) >= 11 is 0. The van der Waals surface area contributed by atoms with Gasteiger partial charge in [-0.15, -0.1) is 0 Å². The number of nitrogens with two attached hydrogens (primary N) is 1. The number of nitrogens with one attached hydrogen (secondary N) is 2. The molecular formula is C80H127N3NaO13+. The minimum atomic E-state index is -1.59. The van der Waals surface area contributed by atoms with Crippen molar-refractivity contribution in [3.8, 4) is 23.0 Å². The van der Waals surface area contributed by atoms with Crippen molar-refractivity contribution >= 4 is 36.0 Å². The molecule has 4 rings (SSSR count). The van der Waals surface area contributed by atoms with Crippen LogP contribution in [0.4, 0.5) is 0 Å². The second-order valence-electron chi connectivity index (χ2n) is 25.0. The van der Waals surface area contributed by atoms with Crippen LogP contribution in [-0.2, 0) is 57.7 Å². The molecule has 0 radical (unpaired) electrons. The first kappa shape index (κ1) is 91.1. The number of esters is 3. The van der Waals surface area contributed by atoms with Crippen molar-refractivity contribution in [3.05, 3.63) is 118 Å². The van der Waals surface area contributed by atoms with Gasteiger partial charge in [0, 0.05) is 58.8 Å². The van der Waals surface area contributed by atoms with Crippen LogP contribution >= 0.6 is 0 Å². The van der Waals surface area contributed by atoms with Gasteiger partial charge in [0.15, 0.2) is 6.29 Å². The number of benzene rings is 4. The molecule has 97 heavy (non-hydrogen) atoms. The van der Waals surface area contributed by atoms with Gasteiger partial charge in [-0.2, -0.15) is 0 Å². The Bertz CT molecular complexity index is 2570. The molecule has 0 saturated heterocycles. The third-order valence-electron chi connectivity index (χ3n) is 16.1. The number of amides is 2. The molecule has 0 heterocycles. The van der Waals surface area contributed by atoms with Crippen LogP contribution in [-0.4, -0.2) is 76.5 Å². The van der Waals surface area contributed by atoms with E-state index in [1.807, 2.05) is 43.3 Å². The maximum absolute atomic E-state index is 12.1. The quantitative estimate of drug-likeness (QED) is 0.0123. The Morgan fingerprint density at radius 2 is 0.763 bits per heavy atom. The first-order chi connectivity index (χ1) is 46.6. The SMILES string of the molecule is CC(=O)OC(OC(C)=O)OC(C)=O.CCCCCCCCCCCCCCCCCCc1ccc(OCCCC(=O)NCc2ccc(C)cc2)cc1OC.CCCCCCCCCCCCCCCCN.COc1cc(OCCCC(=O)NCc2ccc(C)cc2)ccc1C=O.[Na+]. The molecule has 4 aromatic carbocycles. The second-order valence-corrected chi connectivity index (χ2v) is 25.0. The number of hydrogen-bond donors (Lipinski definition) is 3. The largest absolute Gasteiger partial charge is 1.00 e. The van der Waals surface area contributed by atoms with Crippen molar-refractivity contribution in [1.82, 2.24) is 10.6 Å². The first-order valence-corrected chi connectivity index (χ1v) is 36.5. The molecule has 0 unspecified atom stereocenters. The van der Waals surface area contributed by atoms with Crippen LogP contribution in [0.3, 0.4) is 0 Å². The van der Waals surface area contributed by atoms with E-state index >= 15 is 0 Å². The van der Waals surface area contributed by atoms with E-state index in [1.165, 1.54) is 216 Å². The molecule has 4 aromatic rings. The Balaban J connectivity index is 0.00000140. The van der Waals surface area contributed by atoms with Crippen LogP contribution in [0.2, 0.25) is 0 Å².